The lowest BCUT2D eigenvalue weighted by Gasteiger charge is -1.99. The van der Waals surface area contributed by atoms with E-state index in [2.05, 4.69) is 26.1 Å². The number of carbonyl (C=O) groups is 1. The van der Waals surface area contributed by atoms with E-state index >= 15 is 0 Å². The molecule has 0 amide bonds. The van der Waals surface area contributed by atoms with Gasteiger partial charge in [-0.05, 0) is 40.5 Å². The van der Waals surface area contributed by atoms with Gasteiger partial charge in [-0.2, -0.15) is 0 Å². The first-order valence-electron chi connectivity index (χ1n) is 5.56. The van der Waals surface area contributed by atoms with Crippen LogP contribution in [-0.4, -0.2) is 21.3 Å². The monoisotopic (exact) mass is 344 g/mol. The average Bonchev–Trinajstić information content (AvgIpc) is 2.77. The minimum Gasteiger partial charge on any atom is -0.481 e. The molecule has 0 spiro atoms. The number of hydrogen-bond donors (Lipinski definition) is 1. The van der Waals surface area contributed by atoms with Crippen LogP contribution in [-0.2, 0) is 11.2 Å². The summed E-state index contributed by atoms with van der Waals surface area (Å²) in [5, 5.41) is 17.0. The molecule has 1 aromatic heterocycles. The number of benzene rings is 1. The van der Waals surface area contributed by atoms with Crippen LogP contribution in [0.25, 0.3) is 11.5 Å². The smallest absolute Gasteiger partial charge is 0.303 e. The van der Waals surface area contributed by atoms with Crippen LogP contribution in [0, 0.1) is 0 Å². The maximum absolute atomic E-state index is 10.4. The average molecular weight is 346 g/mol. The number of carboxylic acids is 1. The second-order valence-electron chi connectivity index (χ2n) is 3.87. The van der Waals surface area contributed by atoms with Gasteiger partial charge in [0.25, 0.3) is 0 Å². The molecule has 2 aromatic rings. The topological polar surface area (TPSA) is 76.2 Å². The Morgan fingerprint density at radius 1 is 1.42 bits per heavy atom. The highest BCUT2D eigenvalue weighted by molar-refractivity contribution is 9.10. The first kappa shape index (κ1) is 14.0. The van der Waals surface area contributed by atoms with Crippen molar-refractivity contribution in [1.82, 2.24) is 10.2 Å². The summed E-state index contributed by atoms with van der Waals surface area (Å²) in [6.07, 6.45) is 1.01. The zero-order valence-corrected chi connectivity index (χ0v) is 12.1. The summed E-state index contributed by atoms with van der Waals surface area (Å²) in [7, 11) is 0. The van der Waals surface area contributed by atoms with E-state index in [4.69, 9.17) is 21.1 Å². The van der Waals surface area contributed by atoms with Crippen LogP contribution in [0.3, 0.4) is 0 Å². The Balaban J connectivity index is 2.10. The number of aromatic nitrogens is 2. The van der Waals surface area contributed by atoms with E-state index in [1.165, 1.54) is 0 Å². The third kappa shape index (κ3) is 3.78. The molecule has 0 aliphatic heterocycles. The summed E-state index contributed by atoms with van der Waals surface area (Å²) in [6, 6.07) is 5.25. The van der Waals surface area contributed by atoms with Crippen LogP contribution in [0.2, 0.25) is 5.02 Å². The van der Waals surface area contributed by atoms with E-state index in [1.54, 1.807) is 18.2 Å². The van der Waals surface area contributed by atoms with Crippen molar-refractivity contribution in [2.75, 3.05) is 0 Å². The van der Waals surface area contributed by atoms with E-state index in [1.807, 2.05) is 0 Å². The molecule has 0 saturated carbocycles. The van der Waals surface area contributed by atoms with Gasteiger partial charge in [-0.1, -0.05) is 11.6 Å². The molecule has 0 unspecified atom stereocenters. The summed E-state index contributed by atoms with van der Waals surface area (Å²) in [5.41, 5.74) is 0.751. The number of hydrogen-bond acceptors (Lipinski definition) is 4. The van der Waals surface area contributed by atoms with Gasteiger partial charge in [0.2, 0.25) is 11.8 Å². The SMILES string of the molecule is O=C(O)CCCc1nnc(-c2ccc(Cl)cc2Br)o1. The quantitative estimate of drug-likeness (QED) is 0.896. The van der Waals surface area contributed by atoms with Crippen molar-refractivity contribution >= 4 is 33.5 Å². The summed E-state index contributed by atoms with van der Waals surface area (Å²) < 4.78 is 6.25. The number of aliphatic carboxylic acids is 1. The van der Waals surface area contributed by atoms with Crippen LogP contribution in [0.5, 0.6) is 0 Å². The van der Waals surface area contributed by atoms with Crippen molar-refractivity contribution in [2.24, 2.45) is 0 Å². The predicted molar refractivity (Wildman–Crippen MR) is 73.0 cm³/mol. The van der Waals surface area contributed by atoms with Gasteiger partial charge in [-0.3, -0.25) is 4.79 Å². The molecule has 0 saturated heterocycles. The van der Waals surface area contributed by atoms with Crippen molar-refractivity contribution in [3.63, 3.8) is 0 Å². The molecule has 1 aromatic carbocycles. The maximum Gasteiger partial charge on any atom is 0.303 e. The minimum atomic E-state index is -0.833. The molecule has 0 atom stereocenters. The minimum absolute atomic E-state index is 0.0857. The van der Waals surface area contributed by atoms with Crippen LogP contribution in [0.15, 0.2) is 27.1 Å². The highest BCUT2D eigenvalue weighted by atomic mass is 79.9. The van der Waals surface area contributed by atoms with Crippen LogP contribution < -0.4 is 0 Å². The molecule has 0 radical (unpaired) electrons. The summed E-state index contributed by atoms with van der Waals surface area (Å²) >= 11 is 9.23. The summed E-state index contributed by atoms with van der Waals surface area (Å²) in [4.78, 5) is 10.4. The number of rotatable bonds is 5. The van der Waals surface area contributed by atoms with E-state index in [9.17, 15) is 4.79 Å². The normalized spacial score (nSPS) is 10.6. The first-order chi connectivity index (χ1) is 9.06. The largest absolute Gasteiger partial charge is 0.481 e. The van der Waals surface area contributed by atoms with Crippen LogP contribution in [0.1, 0.15) is 18.7 Å². The van der Waals surface area contributed by atoms with E-state index in [0.717, 1.165) is 10.0 Å². The number of nitrogens with zero attached hydrogens (tertiary/aromatic N) is 2. The van der Waals surface area contributed by atoms with Gasteiger partial charge in [0.1, 0.15) is 0 Å². The lowest BCUT2D eigenvalue weighted by Crippen LogP contribution is -1.95. The number of halogens is 2. The van der Waals surface area contributed by atoms with E-state index in [-0.39, 0.29) is 6.42 Å². The van der Waals surface area contributed by atoms with Crippen molar-refractivity contribution < 1.29 is 14.3 Å². The third-order valence-electron chi connectivity index (χ3n) is 2.41. The van der Waals surface area contributed by atoms with Gasteiger partial charge in [-0.25, -0.2) is 0 Å². The molecule has 2 rings (SSSR count). The fourth-order valence-corrected chi connectivity index (χ4v) is 2.37. The number of aryl methyl sites for hydroxylation is 1. The molecule has 5 nitrogen and oxygen atoms in total. The molecule has 1 heterocycles. The molecule has 0 aliphatic rings. The van der Waals surface area contributed by atoms with Crippen molar-refractivity contribution in [3.05, 3.63) is 33.6 Å². The van der Waals surface area contributed by atoms with Gasteiger partial charge < -0.3 is 9.52 Å². The van der Waals surface area contributed by atoms with E-state index in [0.29, 0.717) is 29.6 Å². The van der Waals surface area contributed by atoms with Crippen molar-refractivity contribution in [1.29, 1.82) is 0 Å². The van der Waals surface area contributed by atoms with Gasteiger partial charge in [0.05, 0.1) is 5.56 Å². The Hall–Kier alpha value is -1.40. The molecular weight excluding hydrogens is 336 g/mol. The first-order valence-corrected chi connectivity index (χ1v) is 6.73. The molecule has 100 valence electrons. The van der Waals surface area contributed by atoms with Crippen LogP contribution >= 0.6 is 27.5 Å². The van der Waals surface area contributed by atoms with Crippen molar-refractivity contribution in [2.45, 2.75) is 19.3 Å². The molecule has 19 heavy (non-hydrogen) atoms. The van der Waals surface area contributed by atoms with Gasteiger partial charge in [-0.15, -0.1) is 10.2 Å². The fourth-order valence-electron chi connectivity index (χ4n) is 1.52. The Labute approximate surface area is 122 Å². The fraction of sp³-hybridized carbons (Fsp3) is 0.250. The lowest BCUT2D eigenvalue weighted by atomic mass is 10.2. The highest BCUT2D eigenvalue weighted by Crippen LogP contribution is 2.29. The Morgan fingerprint density at radius 2 is 2.21 bits per heavy atom. The molecule has 0 aliphatic carbocycles. The zero-order chi connectivity index (χ0) is 13.8. The Kier molecular flexibility index (Phi) is 4.55. The standard InChI is InChI=1S/C12H10BrClN2O3/c13-9-6-7(14)4-5-8(9)12-16-15-10(19-12)2-1-3-11(17)18/h4-6H,1-3H2,(H,17,18). The molecule has 1 N–H and O–H groups in total. The van der Waals surface area contributed by atoms with Gasteiger partial charge in [0, 0.05) is 22.3 Å². The Morgan fingerprint density at radius 3 is 2.89 bits per heavy atom. The Bertz CT molecular complexity index is 600. The molecule has 0 fully saturated rings. The van der Waals surface area contributed by atoms with Crippen LogP contribution in [0.4, 0.5) is 0 Å². The van der Waals surface area contributed by atoms with E-state index < -0.39 is 5.97 Å². The van der Waals surface area contributed by atoms with Crippen molar-refractivity contribution in [3.8, 4) is 11.5 Å². The second-order valence-corrected chi connectivity index (χ2v) is 5.16. The molecular formula is C12H10BrClN2O3. The predicted octanol–water partition coefficient (Wildman–Crippen LogP) is 3.56. The lowest BCUT2D eigenvalue weighted by molar-refractivity contribution is -0.137. The highest BCUT2D eigenvalue weighted by Gasteiger charge is 2.12. The number of carboxylic acid groups (broad SMARTS) is 1. The maximum atomic E-state index is 10.4. The van der Waals surface area contributed by atoms with Gasteiger partial charge in [0.15, 0.2) is 0 Å². The van der Waals surface area contributed by atoms with Gasteiger partial charge >= 0.3 is 5.97 Å². The summed E-state index contributed by atoms with van der Waals surface area (Å²) in [6.45, 7) is 0. The third-order valence-corrected chi connectivity index (χ3v) is 3.30. The second kappa shape index (κ2) is 6.16. The summed E-state index contributed by atoms with van der Waals surface area (Å²) in [5.74, 6) is -0.0212. The molecule has 0 bridgehead atoms. The zero-order valence-electron chi connectivity index (χ0n) is 9.77. The molecule has 7 heteroatoms.